The quantitative estimate of drug-likeness (QED) is 0.361. The van der Waals surface area contributed by atoms with Gasteiger partial charge in [-0.05, 0) is 17.7 Å². The number of aliphatic hydroxyl groups is 1. The van der Waals surface area contributed by atoms with Gasteiger partial charge < -0.3 is 30.0 Å². The molecule has 0 aromatic heterocycles. The number of ether oxygens (including phenoxy) is 3. The van der Waals surface area contributed by atoms with Gasteiger partial charge in [-0.25, -0.2) is 14.4 Å². The zero-order chi connectivity index (χ0) is 23.3. The number of hydrogen-bond acceptors (Lipinski definition) is 8. The van der Waals surface area contributed by atoms with Crippen molar-refractivity contribution in [1.29, 1.82) is 0 Å². The maximum absolute atomic E-state index is 12.6. The van der Waals surface area contributed by atoms with E-state index in [2.05, 4.69) is 15.4 Å². The summed E-state index contributed by atoms with van der Waals surface area (Å²) in [7, 11) is 1.09. The Bertz CT molecular complexity index is 905. The van der Waals surface area contributed by atoms with Crippen molar-refractivity contribution in [3.63, 3.8) is 0 Å². The summed E-state index contributed by atoms with van der Waals surface area (Å²) in [6, 6.07) is 14.2. The van der Waals surface area contributed by atoms with Crippen molar-refractivity contribution >= 4 is 23.9 Å². The highest BCUT2D eigenvalue weighted by Crippen LogP contribution is 2.04. The van der Waals surface area contributed by atoms with Gasteiger partial charge in [-0.3, -0.25) is 4.79 Å². The molecule has 2 amide bonds. The molecule has 2 rings (SSSR count). The van der Waals surface area contributed by atoms with E-state index in [1.165, 1.54) is 12.1 Å². The number of amides is 2. The van der Waals surface area contributed by atoms with Crippen LogP contribution in [0.2, 0.25) is 0 Å². The van der Waals surface area contributed by atoms with Crippen molar-refractivity contribution in [2.24, 2.45) is 0 Å². The average Bonchev–Trinajstić information content (AvgIpc) is 2.84. The largest absolute Gasteiger partial charge is 0.467 e. The average molecular weight is 444 g/mol. The molecule has 10 nitrogen and oxygen atoms in total. The normalized spacial score (nSPS) is 12.1. The fourth-order valence-electron chi connectivity index (χ4n) is 2.50. The van der Waals surface area contributed by atoms with Crippen LogP contribution in [0.25, 0.3) is 0 Å². The number of alkyl carbamates (subject to hydrolysis) is 1. The van der Waals surface area contributed by atoms with E-state index in [1.807, 2.05) is 6.07 Å². The van der Waals surface area contributed by atoms with Gasteiger partial charge in [0.15, 0.2) is 6.04 Å². The third kappa shape index (κ3) is 7.73. The van der Waals surface area contributed by atoms with E-state index in [0.29, 0.717) is 0 Å². The maximum atomic E-state index is 12.6. The molecule has 10 heteroatoms. The Kier molecular flexibility index (Phi) is 9.67. The highest BCUT2D eigenvalue weighted by molar-refractivity contribution is 5.91. The van der Waals surface area contributed by atoms with Gasteiger partial charge >= 0.3 is 18.0 Å². The number of carbonyl (C=O) groups is 4. The molecule has 170 valence electrons. The Morgan fingerprint density at radius 3 is 2.09 bits per heavy atom. The number of nitrogens with one attached hydrogen (secondary N) is 2. The molecule has 0 fully saturated rings. The van der Waals surface area contributed by atoms with Gasteiger partial charge in [-0.15, -0.1) is 0 Å². The minimum atomic E-state index is -1.40. The smallest absolute Gasteiger partial charge is 0.408 e. The monoisotopic (exact) mass is 444 g/mol. The summed E-state index contributed by atoms with van der Waals surface area (Å²) in [6.07, 6.45) is -0.941. The minimum absolute atomic E-state index is 0.0494. The van der Waals surface area contributed by atoms with Crippen LogP contribution in [0.3, 0.4) is 0 Å². The van der Waals surface area contributed by atoms with Crippen molar-refractivity contribution < 1.29 is 38.5 Å². The molecule has 0 saturated heterocycles. The molecule has 0 unspecified atom stereocenters. The first-order chi connectivity index (χ1) is 15.4. The van der Waals surface area contributed by atoms with Crippen LogP contribution < -0.4 is 10.6 Å². The summed E-state index contributed by atoms with van der Waals surface area (Å²) in [5, 5.41) is 13.8. The summed E-state index contributed by atoms with van der Waals surface area (Å²) in [4.78, 5) is 48.6. The summed E-state index contributed by atoms with van der Waals surface area (Å²) in [5.41, 5.74) is 0.978. The van der Waals surface area contributed by atoms with Gasteiger partial charge in [-0.2, -0.15) is 0 Å². The highest BCUT2D eigenvalue weighted by atomic mass is 16.6. The molecule has 2 aromatic rings. The molecule has 0 aliphatic rings. The van der Waals surface area contributed by atoms with Crippen molar-refractivity contribution in [1.82, 2.24) is 10.6 Å². The van der Waals surface area contributed by atoms with E-state index in [9.17, 15) is 24.3 Å². The Morgan fingerprint density at radius 1 is 0.875 bits per heavy atom. The number of aliphatic hydroxyl groups excluding tert-OH is 1. The lowest BCUT2D eigenvalue weighted by Gasteiger charge is -2.21. The Labute approximate surface area is 184 Å². The van der Waals surface area contributed by atoms with Gasteiger partial charge in [-0.1, -0.05) is 48.5 Å². The van der Waals surface area contributed by atoms with Crippen LogP contribution in [0.4, 0.5) is 4.79 Å². The minimum Gasteiger partial charge on any atom is -0.467 e. The number of hydrogen-bond donors (Lipinski definition) is 3. The molecule has 0 aliphatic heterocycles. The lowest BCUT2D eigenvalue weighted by atomic mass is 10.2. The molecule has 0 saturated carbocycles. The fourth-order valence-corrected chi connectivity index (χ4v) is 2.50. The van der Waals surface area contributed by atoms with E-state index in [0.717, 1.165) is 12.7 Å². The van der Waals surface area contributed by atoms with Crippen LogP contribution in [-0.2, 0) is 30.4 Å². The van der Waals surface area contributed by atoms with Crippen molar-refractivity contribution in [2.45, 2.75) is 18.7 Å². The molecule has 2 aromatic carbocycles. The lowest BCUT2D eigenvalue weighted by Crippen LogP contribution is -2.54. The van der Waals surface area contributed by atoms with Crippen molar-refractivity contribution in [3.8, 4) is 0 Å². The van der Waals surface area contributed by atoms with Crippen LogP contribution in [0.15, 0.2) is 60.7 Å². The van der Waals surface area contributed by atoms with Gasteiger partial charge in [0, 0.05) is 0 Å². The molecule has 0 spiro atoms. The first-order valence-corrected chi connectivity index (χ1v) is 9.63. The van der Waals surface area contributed by atoms with Crippen molar-refractivity contribution in [3.05, 3.63) is 71.8 Å². The highest BCUT2D eigenvalue weighted by Gasteiger charge is 2.28. The lowest BCUT2D eigenvalue weighted by molar-refractivity contribution is -0.146. The molecule has 3 N–H and O–H groups in total. The topological polar surface area (TPSA) is 140 Å². The zero-order valence-electron chi connectivity index (χ0n) is 17.4. The standard InChI is InChI=1S/C22H24N2O8/c1-30-21(28)17(12-25)23-19(26)18(14-31-20(27)16-10-6-3-7-11-16)24-22(29)32-13-15-8-4-2-5-9-15/h2-11,17-18,25H,12-14H2,1H3,(H,23,26)(H,24,29)/t17-,18-/m0/s1. The zero-order valence-corrected chi connectivity index (χ0v) is 17.4. The predicted molar refractivity (Wildman–Crippen MR) is 111 cm³/mol. The Hall–Kier alpha value is -3.92. The van der Waals surface area contributed by atoms with E-state index >= 15 is 0 Å². The molecule has 0 aliphatic carbocycles. The number of carbonyl (C=O) groups excluding carboxylic acids is 4. The number of benzene rings is 2. The second-order valence-electron chi connectivity index (χ2n) is 6.49. The van der Waals surface area contributed by atoms with E-state index in [4.69, 9.17) is 9.47 Å². The SMILES string of the molecule is COC(=O)[C@H](CO)NC(=O)[C@H](COC(=O)c1ccccc1)NC(=O)OCc1ccccc1. The van der Waals surface area contributed by atoms with Gasteiger partial charge in [0.1, 0.15) is 19.3 Å². The van der Waals surface area contributed by atoms with Crippen molar-refractivity contribution in [2.75, 3.05) is 20.3 Å². The number of methoxy groups -OCH3 is 1. The van der Waals surface area contributed by atoms with Gasteiger partial charge in [0.25, 0.3) is 0 Å². The van der Waals surface area contributed by atoms with Gasteiger partial charge in [0.2, 0.25) is 5.91 Å². The summed E-state index contributed by atoms with van der Waals surface area (Å²) in [5.74, 6) is -2.48. The fraction of sp³-hybridized carbons (Fsp3) is 0.273. The summed E-state index contributed by atoms with van der Waals surface area (Å²) in [6.45, 7) is -1.32. The summed E-state index contributed by atoms with van der Waals surface area (Å²) < 4.78 is 14.7. The maximum Gasteiger partial charge on any atom is 0.408 e. The van der Waals surface area contributed by atoms with Gasteiger partial charge in [0.05, 0.1) is 19.3 Å². The van der Waals surface area contributed by atoms with E-state index < -0.39 is 49.2 Å². The van der Waals surface area contributed by atoms with E-state index in [-0.39, 0.29) is 12.2 Å². The predicted octanol–water partition coefficient (Wildman–Crippen LogP) is 0.789. The van der Waals surface area contributed by atoms with Crippen LogP contribution in [0.5, 0.6) is 0 Å². The molecule has 0 bridgehead atoms. The Balaban J connectivity index is 2.03. The van der Waals surface area contributed by atoms with Crippen LogP contribution >= 0.6 is 0 Å². The number of esters is 2. The molecule has 0 radical (unpaired) electrons. The Morgan fingerprint density at radius 2 is 1.50 bits per heavy atom. The van der Waals surface area contributed by atoms with Crippen LogP contribution in [0, 0.1) is 0 Å². The third-order valence-electron chi connectivity index (χ3n) is 4.20. The van der Waals surface area contributed by atoms with Crippen LogP contribution in [0.1, 0.15) is 15.9 Å². The first kappa shape index (κ1) is 24.4. The van der Waals surface area contributed by atoms with Crippen LogP contribution in [-0.4, -0.2) is 61.5 Å². The summed E-state index contributed by atoms with van der Waals surface area (Å²) >= 11 is 0. The second-order valence-corrected chi connectivity index (χ2v) is 6.49. The number of rotatable bonds is 10. The molecule has 0 heterocycles. The molecule has 32 heavy (non-hydrogen) atoms. The molecular weight excluding hydrogens is 420 g/mol. The molecule has 2 atom stereocenters. The van der Waals surface area contributed by atoms with E-state index in [1.54, 1.807) is 42.5 Å². The third-order valence-corrected chi connectivity index (χ3v) is 4.20. The molecular formula is C22H24N2O8. The second kappa shape index (κ2) is 12.7. The first-order valence-electron chi connectivity index (χ1n) is 9.63.